The maximum Gasteiger partial charge on any atom is 0.260 e. The lowest BCUT2D eigenvalue weighted by atomic mass is 10.2. The SMILES string of the molecule is Cc1cc(CSc2ncccc2C(=O)Nc2nnc(-c3ccccc3Cl)s2)no1. The largest absolute Gasteiger partial charge is 0.361 e. The van der Waals surface area contributed by atoms with Crippen LogP contribution in [0.2, 0.25) is 5.02 Å². The van der Waals surface area contributed by atoms with Gasteiger partial charge in [0.2, 0.25) is 5.13 Å². The number of pyridine rings is 1. The van der Waals surface area contributed by atoms with Gasteiger partial charge in [0.15, 0.2) is 5.01 Å². The third-order valence-electron chi connectivity index (χ3n) is 3.80. The van der Waals surface area contributed by atoms with E-state index in [1.807, 2.05) is 31.2 Å². The molecule has 0 bridgehead atoms. The second-order valence-electron chi connectivity index (χ2n) is 5.92. The lowest BCUT2D eigenvalue weighted by molar-refractivity contribution is 0.102. The number of hydrogen-bond donors (Lipinski definition) is 1. The number of hydrogen-bond acceptors (Lipinski definition) is 8. The second kappa shape index (κ2) is 8.73. The smallest absolute Gasteiger partial charge is 0.260 e. The fraction of sp³-hybridized carbons (Fsp3) is 0.105. The fourth-order valence-electron chi connectivity index (χ4n) is 2.49. The highest BCUT2D eigenvalue weighted by Gasteiger charge is 2.17. The van der Waals surface area contributed by atoms with Crippen LogP contribution >= 0.6 is 34.7 Å². The number of carbonyl (C=O) groups is 1. The van der Waals surface area contributed by atoms with Crippen LogP contribution in [0.15, 0.2) is 58.2 Å². The molecule has 0 aliphatic heterocycles. The predicted molar refractivity (Wildman–Crippen MR) is 113 cm³/mol. The fourth-order valence-corrected chi connectivity index (χ4v) is 4.42. The van der Waals surface area contributed by atoms with Crippen molar-refractivity contribution in [1.82, 2.24) is 20.3 Å². The molecule has 0 saturated heterocycles. The van der Waals surface area contributed by atoms with Gasteiger partial charge in [0, 0.05) is 23.6 Å². The van der Waals surface area contributed by atoms with Crippen LogP contribution in [0.1, 0.15) is 21.8 Å². The molecule has 0 fully saturated rings. The maximum absolute atomic E-state index is 12.8. The number of thioether (sulfide) groups is 1. The molecule has 1 N–H and O–H groups in total. The van der Waals surface area contributed by atoms with Crippen LogP contribution < -0.4 is 5.32 Å². The Morgan fingerprint density at radius 3 is 2.90 bits per heavy atom. The van der Waals surface area contributed by atoms with E-state index in [1.165, 1.54) is 23.1 Å². The number of carbonyl (C=O) groups excluding carboxylic acids is 1. The zero-order valence-corrected chi connectivity index (χ0v) is 17.5. The predicted octanol–water partition coefficient (Wildman–Crippen LogP) is 5.09. The van der Waals surface area contributed by atoms with Gasteiger partial charge < -0.3 is 4.52 Å². The molecule has 4 aromatic rings. The van der Waals surface area contributed by atoms with Gasteiger partial charge in [0.25, 0.3) is 5.91 Å². The van der Waals surface area contributed by atoms with Crippen LogP contribution in [-0.4, -0.2) is 26.2 Å². The first-order valence-corrected chi connectivity index (χ1v) is 10.7. The van der Waals surface area contributed by atoms with E-state index < -0.39 is 0 Å². The molecule has 1 amide bonds. The van der Waals surface area contributed by atoms with Gasteiger partial charge in [0.1, 0.15) is 10.8 Å². The number of aryl methyl sites for hydroxylation is 1. The van der Waals surface area contributed by atoms with E-state index in [9.17, 15) is 4.79 Å². The van der Waals surface area contributed by atoms with E-state index in [1.54, 1.807) is 24.4 Å². The van der Waals surface area contributed by atoms with Crippen molar-refractivity contribution in [3.8, 4) is 10.6 Å². The molecule has 29 heavy (non-hydrogen) atoms. The first kappa shape index (κ1) is 19.6. The van der Waals surface area contributed by atoms with E-state index in [4.69, 9.17) is 16.1 Å². The third-order valence-corrected chi connectivity index (χ3v) is 6.04. The molecule has 0 saturated carbocycles. The molecular formula is C19H14ClN5O2S2. The second-order valence-corrected chi connectivity index (χ2v) is 8.27. The van der Waals surface area contributed by atoms with Crippen molar-refractivity contribution >= 4 is 45.7 Å². The lowest BCUT2D eigenvalue weighted by Gasteiger charge is -2.06. The van der Waals surface area contributed by atoms with Crippen molar-refractivity contribution in [3.63, 3.8) is 0 Å². The molecule has 4 rings (SSSR count). The van der Waals surface area contributed by atoms with Crippen LogP contribution in [-0.2, 0) is 5.75 Å². The lowest BCUT2D eigenvalue weighted by Crippen LogP contribution is -2.13. The minimum Gasteiger partial charge on any atom is -0.361 e. The summed E-state index contributed by atoms with van der Waals surface area (Å²) < 4.78 is 5.07. The summed E-state index contributed by atoms with van der Waals surface area (Å²) in [7, 11) is 0. The standard InChI is InChI=1S/C19H14ClN5O2S2/c1-11-9-12(25-27-11)10-28-17-14(6-4-8-21-17)16(26)22-19-24-23-18(29-19)13-5-2-3-7-15(13)20/h2-9H,10H2,1H3,(H,22,24,26). The van der Waals surface area contributed by atoms with Crippen molar-refractivity contribution < 1.29 is 9.32 Å². The molecule has 3 heterocycles. The van der Waals surface area contributed by atoms with E-state index in [0.29, 0.717) is 31.5 Å². The number of rotatable bonds is 6. The zero-order chi connectivity index (χ0) is 20.2. The number of aromatic nitrogens is 4. The summed E-state index contributed by atoms with van der Waals surface area (Å²) in [6.07, 6.45) is 1.65. The van der Waals surface area contributed by atoms with Crippen molar-refractivity contribution in [2.75, 3.05) is 5.32 Å². The molecular weight excluding hydrogens is 430 g/mol. The Labute approximate surface area is 179 Å². The van der Waals surface area contributed by atoms with E-state index in [2.05, 4.69) is 25.7 Å². The van der Waals surface area contributed by atoms with Gasteiger partial charge in [-0.3, -0.25) is 10.1 Å². The van der Waals surface area contributed by atoms with Crippen molar-refractivity contribution in [1.29, 1.82) is 0 Å². The summed E-state index contributed by atoms with van der Waals surface area (Å²) in [6, 6.07) is 12.6. The van der Waals surface area contributed by atoms with Gasteiger partial charge in [0.05, 0.1) is 16.3 Å². The maximum atomic E-state index is 12.8. The molecule has 0 unspecified atom stereocenters. The summed E-state index contributed by atoms with van der Waals surface area (Å²) in [5, 5.41) is 17.1. The van der Waals surface area contributed by atoms with Gasteiger partial charge in [-0.2, -0.15) is 0 Å². The molecule has 146 valence electrons. The van der Waals surface area contributed by atoms with Crippen LogP contribution in [0.4, 0.5) is 5.13 Å². The topological polar surface area (TPSA) is 93.8 Å². The molecule has 3 aromatic heterocycles. The first-order chi connectivity index (χ1) is 14.1. The summed E-state index contributed by atoms with van der Waals surface area (Å²) >= 11 is 8.87. The molecule has 0 spiro atoms. The molecule has 7 nitrogen and oxygen atoms in total. The number of anilines is 1. The number of nitrogens with one attached hydrogen (secondary N) is 1. The Hall–Kier alpha value is -2.75. The highest BCUT2D eigenvalue weighted by atomic mass is 35.5. The number of benzene rings is 1. The highest BCUT2D eigenvalue weighted by Crippen LogP contribution is 2.32. The summed E-state index contributed by atoms with van der Waals surface area (Å²) in [4.78, 5) is 17.1. The minimum atomic E-state index is -0.307. The quantitative estimate of drug-likeness (QED) is 0.414. The van der Waals surface area contributed by atoms with Crippen molar-refractivity contribution in [2.45, 2.75) is 17.7 Å². The van der Waals surface area contributed by atoms with Gasteiger partial charge in [-0.25, -0.2) is 4.98 Å². The van der Waals surface area contributed by atoms with Gasteiger partial charge >= 0.3 is 0 Å². The zero-order valence-electron chi connectivity index (χ0n) is 15.1. The number of halogens is 1. The van der Waals surface area contributed by atoms with Crippen LogP contribution in [0.25, 0.3) is 10.6 Å². The van der Waals surface area contributed by atoms with Crippen molar-refractivity contribution in [2.24, 2.45) is 0 Å². The van der Waals surface area contributed by atoms with Gasteiger partial charge in [-0.05, 0) is 25.1 Å². The molecule has 0 aliphatic carbocycles. The minimum absolute atomic E-state index is 0.307. The molecule has 1 aromatic carbocycles. The van der Waals surface area contributed by atoms with E-state index in [-0.39, 0.29) is 5.91 Å². The monoisotopic (exact) mass is 443 g/mol. The van der Waals surface area contributed by atoms with E-state index in [0.717, 1.165) is 17.0 Å². The third kappa shape index (κ3) is 4.64. The van der Waals surface area contributed by atoms with Crippen LogP contribution in [0.3, 0.4) is 0 Å². The summed E-state index contributed by atoms with van der Waals surface area (Å²) in [6.45, 7) is 1.83. The first-order valence-electron chi connectivity index (χ1n) is 8.50. The number of nitrogens with zero attached hydrogens (tertiary/aromatic N) is 4. The van der Waals surface area contributed by atoms with Gasteiger partial charge in [-0.15, -0.1) is 10.2 Å². The van der Waals surface area contributed by atoms with Crippen molar-refractivity contribution in [3.05, 3.63) is 70.7 Å². The Kier molecular flexibility index (Phi) is 5.89. The highest BCUT2D eigenvalue weighted by molar-refractivity contribution is 7.98. The van der Waals surface area contributed by atoms with Gasteiger partial charge in [-0.1, -0.05) is 58.1 Å². The summed E-state index contributed by atoms with van der Waals surface area (Å²) in [5.41, 5.74) is 2.01. The molecule has 0 radical (unpaired) electrons. The average molecular weight is 444 g/mol. The summed E-state index contributed by atoms with van der Waals surface area (Å²) in [5.74, 6) is 0.980. The Balaban J connectivity index is 1.48. The Morgan fingerprint density at radius 2 is 2.10 bits per heavy atom. The van der Waals surface area contributed by atoms with Crippen LogP contribution in [0, 0.1) is 6.92 Å². The molecule has 10 heteroatoms. The molecule has 0 aliphatic rings. The average Bonchev–Trinajstić information content (AvgIpc) is 3.36. The number of amides is 1. The Bertz CT molecular complexity index is 1160. The normalized spacial score (nSPS) is 10.8. The van der Waals surface area contributed by atoms with E-state index >= 15 is 0 Å². The molecule has 0 atom stereocenters. The Morgan fingerprint density at radius 1 is 1.24 bits per heavy atom. The van der Waals surface area contributed by atoms with Crippen LogP contribution in [0.5, 0.6) is 0 Å².